The van der Waals surface area contributed by atoms with E-state index in [1.807, 2.05) is 60.7 Å². The van der Waals surface area contributed by atoms with Crippen molar-refractivity contribution >= 4 is 28.2 Å². The average Bonchev–Trinajstić information content (AvgIpc) is 3.05. The van der Waals surface area contributed by atoms with Gasteiger partial charge in [-0.1, -0.05) is 60.7 Å². The molecule has 0 aliphatic rings. The third kappa shape index (κ3) is 3.36. The molecule has 2 aromatic carbocycles. The fourth-order valence-electron chi connectivity index (χ4n) is 2.57. The second-order valence-corrected chi connectivity index (χ2v) is 6.19. The summed E-state index contributed by atoms with van der Waals surface area (Å²) in [5, 5.41) is 5.06. The van der Waals surface area contributed by atoms with Crippen molar-refractivity contribution in [3.05, 3.63) is 88.8 Å². The Labute approximate surface area is 143 Å². The van der Waals surface area contributed by atoms with E-state index in [0.717, 1.165) is 11.1 Å². The average molecular weight is 336 g/mol. The van der Waals surface area contributed by atoms with Crippen LogP contribution in [0.2, 0.25) is 0 Å². The Morgan fingerprint density at radius 1 is 0.875 bits per heavy atom. The minimum absolute atomic E-state index is 0.197. The number of nitrogens with one attached hydrogen (secondary N) is 1. The van der Waals surface area contributed by atoms with E-state index in [1.54, 1.807) is 11.4 Å². The van der Waals surface area contributed by atoms with Gasteiger partial charge >= 0.3 is 0 Å². The minimum Gasteiger partial charge on any atom is -0.366 e. The van der Waals surface area contributed by atoms with Gasteiger partial charge in [0.2, 0.25) is 5.91 Å². The summed E-state index contributed by atoms with van der Waals surface area (Å²) in [6.45, 7) is 0. The van der Waals surface area contributed by atoms with Crippen LogP contribution in [0.15, 0.2) is 72.1 Å². The molecular weight excluding hydrogens is 320 g/mol. The van der Waals surface area contributed by atoms with Crippen LogP contribution in [0.1, 0.15) is 27.4 Å². The van der Waals surface area contributed by atoms with E-state index >= 15 is 0 Å². The highest BCUT2D eigenvalue weighted by atomic mass is 32.1. The number of benzene rings is 2. The molecule has 3 N–H and O–H groups in total. The molecule has 4 nitrogen and oxygen atoms in total. The fraction of sp³-hybridized carbons (Fsp3) is 0.0526. The third-order valence-corrected chi connectivity index (χ3v) is 4.53. The number of thiophene rings is 1. The molecule has 0 spiro atoms. The molecule has 2 amide bonds. The molecule has 0 saturated heterocycles. The van der Waals surface area contributed by atoms with Gasteiger partial charge in [0.15, 0.2) is 0 Å². The van der Waals surface area contributed by atoms with E-state index in [-0.39, 0.29) is 5.91 Å². The monoisotopic (exact) mass is 336 g/mol. The lowest BCUT2D eigenvalue weighted by Gasteiger charge is -2.17. The molecule has 0 saturated carbocycles. The number of amides is 2. The van der Waals surface area contributed by atoms with Crippen LogP contribution in [0.25, 0.3) is 0 Å². The molecule has 5 heteroatoms. The molecule has 0 aliphatic heterocycles. The first-order chi connectivity index (χ1) is 11.7. The van der Waals surface area contributed by atoms with Gasteiger partial charge in [-0.05, 0) is 22.6 Å². The molecule has 3 rings (SSSR count). The summed E-state index contributed by atoms with van der Waals surface area (Å²) in [7, 11) is 0. The van der Waals surface area contributed by atoms with E-state index in [2.05, 4.69) is 5.32 Å². The summed E-state index contributed by atoms with van der Waals surface area (Å²) in [4.78, 5) is 24.4. The van der Waals surface area contributed by atoms with E-state index in [0.29, 0.717) is 10.6 Å². The van der Waals surface area contributed by atoms with Crippen LogP contribution in [0.3, 0.4) is 0 Å². The molecular formula is C19H16N2O2S. The maximum absolute atomic E-state index is 12.9. The molecule has 0 aliphatic carbocycles. The van der Waals surface area contributed by atoms with Crippen molar-refractivity contribution in [2.75, 3.05) is 5.32 Å². The second kappa shape index (κ2) is 7.10. The van der Waals surface area contributed by atoms with Crippen molar-refractivity contribution in [1.29, 1.82) is 0 Å². The number of hydrogen-bond acceptors (Lipinski definition) is 3. The van der Waals surface area contributed by atoms with E-state index in [1.165, 1.54) is 11.3 Å². The van der Waals surface area contributed by atoms with Crippen molar-refractivity contribution in [3.63, 3.8) is 0 Å². The SMILES string of the molecule is NC(=O)c1ccsc1NC(=O)C(c1ccccc1)c1ccccc1. The molecule has 0 fully saturated rings. The number of anilines is 1. The number of hydrogen-bond donors (Lipinski definition) is 2. The summed E-state index contributed by atoms with van der Waals surface area (Å²) in [6.07, 6.45) is 0. The predicted molar refractivity (Wildman–Crippen MR) is 96.2 cm³/mol. The number of rotatable bonds is 5. The Kier molecular flexibility index (Phi) is 4.72. The van der Waals surface area contributed by atoms with Gasteiger partial charge in [-0.25, -0.2) is 0 Å². The van der Waals surface area contributed by atoms with Crippen LogP contribution in [-0.2, 0) is 4.79 Å². The molecule has 1 heterocycles. The van der Waals surface area contributed by atoms with Crippen LogP contribution < -0.4 is 11.1 Å². The van der Waals surface area contributed by atoms with Gasteiger partial charge in [-0.3, -0.25) is 9.59 Å². The van der Waals surface area contributed by atoms with Crippen molar-refractivity contribution in [3.8, 4) is 0 Å². The first kappa shape index (κ1) is 16.0. The quantitative estimate of drug-likeness (QED) is 0.747. The van der Waals surface area contributed by atoms with Gasteiger partial charge < -0.3 is 11.1 Å². The molecule has 0 radical (unpaired) electrons. The zero-order valence-corrected chi connectivity index (χ0v) is 13.6. The molecule has 24 heavy (non-hydrogen) atoms. The number of primary amides is 1. The highest BCUT2D eigenvalue weighted by Crippen LogP contribution is 2.29. The molecule has 0 atom stereocenters. The lowest BCUT2D eigenvalue weighted by Crippen LogP contribution is -2.23. The van der Waals surface area contributed by atoms with Crippen LogP contribution in [-0.4, -0.2) is 11.8 Å². The molecule has 0 bridgehead atoms. The van der Waals surface area contributed by atoms with E-state index in [4.69, 9.17) is 5.73 Å². The minimum atomic E-state index is -0.553. The Balaban J connectivity index is 1.95. The highest BCUT2D eigenvalue weighted by Gasteiger charge is 2.24. The van der Waals surface area contributed by atoms with E-state index < -0.39 is 11.8 Å². The predicted octanol–water partition coefficient (Wildman–Crippen LogP) is 3.62. The van der Waals surface area contributed by atoms with Gasteiger partial charge in [-0.2, -0.15) is 0 Å². The van der Waals surface area contributed by atoms with Crippen molar-refractivity contribution in [2.24, 2.45) is 5.73 Å². The molecule has 3 aromatic rings. The largest absolute Gasteiger partial charge is 0.366 e. The van der Waals surface area contributed by atoms with Crippen LogP contribution >= 0.6 is 11.3 Å². The summed E-state index contributed by atoms with van der Waals surface area (Å²) in [5.41, 5.74) is 7.45. The zero-order chi connectivity index (χ0) is 16.9. The number of carbonyl (C=O) groups is 2. The Bertz CT molecular complexity index is 805. The maximum atomic E-state index is 12.9. The van der Waals surface area contributed by atoms with Crippen LogP contribution in [0.4, 0.5) is 5.00 Å². The Morgan fingerprint density at radius 3 is 1.92 bits per heavy atom. The van der Waals surface area contributed by atoms with Gasteiger partial charge in [0.05, 0.1) is 11.5 Å². The molecule has 120 valence electrons. The summed E-state index contributed by atoms with van der Waals surface area (Å²) in [6, 6.07) is 20.7. The summed E-state index contributed by atoms with van der Waals surface area (Å²) in [5.74, 6) is -1.21. The Hall–Kier alpha value is -2.92. The van der Waals surface area contributed by atoms with Crippen LogP contribution in [0, 0.1) is 0 Å². The van der Waals surface area contributed by atoms with Crippen molar-refractivity contribution < 1.29 is 9.59 Å². The van der Waals surface area contributed by atoms with E-state index in [9.17, 15) is 9.59 Å². The third-order valence-electron chi connectivity index (χ3n) is 3.70. The number of nitrogens with two attached hydrogens (primary N) is 1. The van der Waals surface area contributed by atoms with Gasteiger partial charge in [0.25, 0.3) is 5.91 Å². The molecule has 1 aromatic heterocycles. The van der Waals surface area contributed by atoms with Crippen molar-refractivity contribution in [1.82, 2.24) is 0 Å². The lowest BCUT2D eigenvalue weighted by atomic mass is 9.90. The highest BCUT2D eigenvalue weighted by molar-refractivity contribution is 7.14. The van der Waals surface area contributed by atoms with Gasteiger partial charge in [0.1, 0.15) is 5.00 Å². The standard InChI is InChI=1S/C19H16N2O2S/c20-17(22)15-11-12-24-19(15)21-18(23)16(13-7-3-1-4-8-13)14-9-5-2-6-10-14/h1-12,16H,(H2,20,22)(H,21,23). The lowest BCUT2D eigenvalue weighted by molar-refractivity contribution is -0.116. The van der Waals surface area contributed by atoms with Crippen LogP contribution in [0.5, 0.6) is 0 Å². The second-order valence-electron chi connectivity index (χ2n) is 5.27. The van der Waals surface area contributed by atoms with Crippen molar-refractivity contribution in [2.45, 2.75) is 5.92 Å². The van der Waals surface area contributed by atoms with Gasteiger partial charge in [-0.15, -0.1) is 11.3 Å². The fourth-order valence-corrected chi connectivity index (χ4v) is 3.37. The zero-order valence-electron chi connectivity index (χ0n) is 12.8. The molecule has 0 unspecified atom stereocenters. The first-order valence-corrected chi connectivity index (χ1v) is 8.33. The topological polar surface area (TPSA) is 72.2 Å². The smallest absolute Gasteiger partial charge is 0.251 e. The Morgan fingerprint density at radius 2 is 1.42 bits per heavy atom. The summed E-state index contributed by atoms with van der Waals surface area (Å²) >= 11 is 1.28. The first-order valence-electron chi connectivity index (χ1n) is 7.45. The normalized spacial score (nSPS) is 10.5. The number of carbonyl (C=O) groups excluding carboxylic acids is 2. The maximum Gasteiger partial charge on any atom is 0.251 e. The van der Waals surface area contributed by atoms with Gasteiger partial charge in [0, 0.05) is 0 Å². The summed E-state index contributed by atoms with van der Waals surface area (Å²) < 4.78 is 0.